The van der Waals surface area contributed by atoms with Crippen LogP contribution in [0.3, 0.4) is 0 Å². The predicted octanol–water partition coefficient (Wildman–Crippen LogP) is 4.33. The SMILES string of the molecule is Cc1ccc(NCc2cc(Cl)cc3c2OCC3)c(F)c1. The summed E-state index contributed by atoms with van der Waals surface area (Å²) < 4.78 is 19.4. The maximum atomic E-state index is 13.8. The minimum absolute atomic E-state index is 0.246. The van der Waals surface area contributed by atoms with Gasteiger partial charge in [0.25, 0.3) is 0 Å². The zero-order valence-electron chi connectivity index (χ0n) is 11.2. The van der Waals surface area contributed by atoms with Crippen molar-refractivity contribution >= 4 is 17.3 Å². The van der Waals surface area contributed by atoms with E-state index in [-0.39, 0.29) is 5.82 Å². The lowest BCUT2D eigenvalue weighted by Gasteiger charge is -2.12. The van der Waals surface area contributed by atoms with Crippen LogP contribution in [0.2, 0.25) is 5.02 Å². The van der Waals surface area contributed by atoms with Crippen LogP contribution in [0.15, 0.2) is 30.3 Å². The average molecular weight is 292 g/mol. The van der Waals surface area contributed by atoms with Crippen LogP contribution in [0.25, 0.3) is 0 Å². The molecule has 0 atom stereocenters. The molecule has 0 aliphatic carbocycles. The summed E-state index contributed by atoms with van der Waals surface area (Å²) in [6.07, 6.45) is 0.877. The molecular formula is C16H15ClFNO. The number of fused-ring (bicyclic) bond motifs is 1. The normalized spacial score (nSPS) is 12.9. The summed E-state index contributed by atoms with van der Waals surface area (Å²) in [5.41, 5.74) is 3.48. The van der Waals surface area contributed by atoms with Gasteiger partial charge in [-0.2, -0.15) is 0 Å². The Balaban J connectivity index is 1.82. The van der Waals surface area contributed by atoms with Gasteiger partial charge in [0.05, 0.1) is 12.3 Å². The van der Waals surface area contributed by atoms with E-state index < -0.39 is 0 Å². The first-order valence-corrected chi connectivity index (χ1v) is 6.95. The average Bonchev–Trinajstić information content (AvgIpc) is 2.85. The fourth-order valence-electron chi connectivity index (χ4n) is 2.43. The van der Waals surface area contributed by atoms with Gasteiger partial charge in [-0.3, -0.25) is 0 Å². The summed E-state index contributed by atoms with van der Waals surface area (Å²) in [4.78, 5) is 0. The highest BCUT2D eigenvalue weighted by molar-refractivity contribution is 6.30. The third-order valence-corrected chi connectivity index (χ3v) is 3.64. The maximum Gasteiger partial charge on any atom is 0.146 e. The van der Waals surface area contributed by atoms with E-state index in [1.807, 2.05) is 25.1 Å². The van der Waals surface area contributed by atoms with Gasteiger partial charge >= 0.3 is 0 Å². The van der Waals surface area contributed by atoms with Crippen molar-refractivity contribution in [3.8, 4) is 5.75 Å². The van der Waals surface area contributed by atoms with Gasteiger partial charge in [0, 0.05) is 23.6 Å². The molecule has 1 N–H and O–H groups in total. The number of anilines is 1. The van der Waals surface area contributed by atoms with Crippen molar-refractivity contribution < 1.29 is 9.13 Å². The van der Waals surface area contributed by atoms with Gasteiger partial charge in [-0.25, -0.2) is 4.39 Å². The molecule has 3 rings (SSSR count). The molecule has 0 unspecified atom stereocenters. The Bertz CT molecular complexity index is 657. The van der Waals surface area contributed by atoms with Crippen molar-refractivity contribution in [2.45, 2.75) is 19.9 Å². The molecule has 0 aromatic heterocycles. The molecule has 2 nitrogen and oxygen atoms in total. The number of halogens is 2. The lowest BCUT2D eigenvalue weighted by molar-refractivity contribution is 0.354. The second-order valence-corrected chi connectivity index (χ2v) is 5.42. The molecule has 0 fully saturated rings. The molecule has 2 aromatic rings. The summed E-state index contributed by atoms with van der Waals surface area (Å²) in [6, 6.07) is 8.94. The van der Waals surface area contributed by atoms with Crippen molar-refractivity contribution in [3.05, 3.63) is 57.9 Å². The van der Waals surface area contributed by atoms with Gasteiger partial charge in [0.15, 0.2) is 0 Å². The molecule has 0 saturated heterocycles. The molecular weight excluding hydrogens is 277 g/mol. The van der Waals surface area contributed by atoms with E-state index >= 15 is 0 Å². The Morgan fingerprint density at radius 3 is 2.95 bits per heavy atom. The number of hydrogen-bond acceptors (Lipinski definition) is 2. The van der Waals surface area contributed by atoms with Crippen molar-refractivity contribution in [3.63, 3.8) is 0 Å². The van der Waals surface area contributed by atoms with E-state index in [2.05, 4.69) is 5.32 Å². The summed E-state index contributed by atoms with van der Waals surface area (Å²) in [5, 5.41) is 3.79. The topological polar surface area (TPSA) is 21.3 Å². The Morgan fingerprint density at radius 2 is 2.15 bits per heavy atom. The second kappa shape index (κ2) is 5.33. The van der Waals surface area contributed by atoms with Gasteiger partial charge in [0.1, 0.15) is 11.6 Å². The van der Waals surface area contributed by atoms with Crippen molar-refractivity contribution in [2.24, 2.45) is 0 Å². The molecule has 0 amide bonds. The number of aryl methyl sites for hydroxylation is 1. The minimum atomic E-state index is -0.246. The molecule has 4 heteroatoms. The first-order valence-electron chi connectivity index (χ1n) is 6.57. The van der Waals surface area contributed by atoms with Crippen LogP contribution in [-0.4, -0.2) is 6.61 Å². The van der Waals surface area contributed by atoms with Gasteiger partial charge in [-0.05, 0) is 42.3 Å². The van der Waals surface area contributed by atoms with Crippen molar-refractivity contribution in [1.29, 1.82) is 0 Å². The number of rotatable bonds is 3. The van der Waals surface area contributed by atoms with E-state index in [9.17, 15) is 4.39 Å². The van der Waals surface area contributed by atoms with E-state index in [0.29, 0.717) is 23.9 Å². The zero-order chi connectivity index (χ0) is 14.1. The highest BCUT2D eigenvalue weighted by Gasteiger charge is 2.17. The standard InChI is InChI=1S/C16H15ClFNO/c1-10-2-3-15(14(18)6-10)19-9-12-8-13(17)7-11-4-5-20-16(11)12/h2-3,6-8,19H,4-5,9H2,1H3. The summed E-state index contributed by atoms with van der Waals surface area (Å²) in [6.45, 7) is 3.04. The molecule has 104 valence electrons. The fraction of sp³-hybridized carbons (Fsp3) is 0.250. The highest BCUT2D eigenvalue weighted by Crippen LogP contribution is 2.33. The largest absolute Gasteiger partial charge is 0.493 e. The minimum Gasteiger partial charge on any atom is -0.493 e. The summed E-state index contributed by atoms with van der Waals surface area (Å²) in [5.74, 6) is 0.638. The molecule has 0 bridgehead atoms. The van der Waals surface area contributed by atoms with Crippen LogP contribution < -0.4 is 10.1 Å². The first kappa shape index (κ1) is 13.3. The lowest BCUT2D eigenvalue weighted by Crippen LogP contribution is -2.03. The molecule has 20 heavy (non-hydrogen) atoms. The Kier molecular flexibility index (Phi) is 3.53. The molecule has 0 radical (unpaired) electrons. The quantitative estimate of drug-likeness (QED) is 0.908. The van der Waals surface area contributed by atoms with E-state index in [1.54, 1.807) is 6.07 Å². The van der Waals surface area contributed by atoms with Crippen LogP contribution in [0.4, 0.5) is 10.1 Å². The fourth-order valence-corrected chi connectivity index (χ4v) is 2.69. The highest BCUT2D eigenvalue weighted by atomic mass is 35.5. The van der Waals surface area contributed by atoms with Gasteiger partial charge in [0.2, 0.25) is 0 Å². The third kappa shape index (κ3) is 2.59. The smallest absolute Gasteiger partial charge is 0.146 e. The number of hydrogen-bond donors (Lipinski definition) is 1. The molecule has 2 aromatic carbocycles. The summed E-state index contributed by atoms with van der Waals surface area (Å²) >= 11 is 6.10. The number of benzene rings is 2. The van der Waals surface area contributed by atoms with Crippen LogP contribution in [0, 0.1) is 12.7 Å². The molecule has 1 aliphatic heterocycles. The third-order valence-electron chi connectivity index (χ3n) is 3.42. The van der Waals surface area contributed by atoms with Crippen molar-refractivity contribution in [2.75, 3.05) is 11.9 Å². The summed E-state index contributed by atoms with van der Waals surface area (Å²) in [7, 11) is 0. The van der Waals surface area contributed by atoms with Gasteiger partial charge in [-0.1, -0.05) is 17.7 Å². The zero-order valence-corrected chi connectivity index (χ0v) is 11.9. The predicted molar refractivity (Wildman–Crippen MR) is 79.1 cm³/mol. The van der Waals surface area contributed by atoms with E-state index in [4.69, 9.17) is 16.3 Å². The Hall–Kier alpha value is -1.74. The van der Waals surface area contributed by atoms with Crippen LogP contribution in [0.1, 0.15) is 16.7 Å². The molecule has 0 saturated carbocycles. The van der Waals surface area contributed by atoms with Crippen LogP contribution in [0.5, 0.6) is 5.75 Å². The molecule has 0 spiro atoms. The van der Waals surface area contributed by atoms with Crippen LogP contribution >= 0.6 is 11.6 Å². The van der Waals surface area contributed by atoms with Gasteiger partial charge in [-0.15, -0.1) is 0 Å². The van der Waals surface area contributed by atoms with Gasteiger partial charge < -0.3 is 10.1 Å². The number of nitrogens with one attached hydrogen (secondary N) is 1. The first-order chi connectivity index (χ1) is 9.63. The molecule has 1 heterocycles. The Labute approximate surface area is 122 Å². The lowest BCUT2D eigenvalue weighted by atomic mass is 10.1. The molecule has 1 aliphatic rings. The monoisotopic (exact) mass is 291 g/mol. The van der Waals surface area contributed by atoms with E-state index in [0.717, 1.165) is 28.9 Å². The number of ether oxygens (including phenoxy) is 1. The van der Waals surface area contributed by atoms with Crippen LogP contribution in [-0.2, 0) is 13.0 Å². The van der Waals surface area contributed by atoms with E-state index in [1.165, 1.54) is 6.07 Å². The second-order valence-electron chi connectivity index (χ2n) is 4.99. The maximum absolute atomic E-state index is 13.8. The Morgan fingerprint density at radius 1 is 1.30 bits per heavy atom. The van der Waals surface area contributed by atoms with Crippen molar-refractivity contribution in [1.82, 2.24) is 0 Å².